The van der Waals surface area contributed by atoms with Gasteiger partial charge in [0.15, 0.2) is 14.6 Å². The summed E-state index contributed by atoms with van der Waals surface area (Å²) in [6.07, 6.45) is 1.93. The molecule has 0 unspecified atom stereocenters. The third-order valence-corrected chi connectivity index (χ3v) is 8.28. The molecule has 1 aliphatic carbocycles. The van der Waals surface area contributed by atoms with Crippen LogP contribution in [0.3, 0.4) is 0 Å². The van der Waals surface area contributed by atoms with Crippen LogP contribution < -0.4 is 5.32 Å². The topological polar surface area (TPSA) is 89.5 Å². The van der Waals surface area contributed by atoms with Gasteiger partial charge in [0.25, 0.3) is 0 Å². The molecule has 1 aliphatic rings. The second kappa shape index (κ2) is 8.60. The van der Waals surface area contributed by atoms with Crippen molar-refractivity contribution in [1.29, 1.82) is 0 Å². The number of rotatable bonds is 6. The maximum atomic E-state index is 13.5. The van der Waals surface area contributed by atoms with Gasteiger partial charge in [0, 0.05) is 5.69 Å². The van der Waals surface area contributed by atoms with Gasteiger partial charge in [-0.2, -0.15) is 0 Å². The number of carbonyl (C=O) groups excluding carboxylic acids is 2. The molecule has 1 saturated carbocycles. The summed E-state index contributed by atoms with van der Waals surface area (Å²) < 4.78 is 30.6. The van der Waals surface area contributed by atoms with E-state index in [0.717, 1.165) is 11.1 Å². The minimum Gasteiger partial charge on any atom is -0.462 e. The van der Waals surface area contributed by atoms with Gasteiger partial charge in [0.05, 0.1) is 17.1 Å². The molecule has 30 heavy (non-hydrogen) atoms. The Morgan fingerprint density at radius 2 is 1.63 bits per heavy atom. The van der Waals surface area contributed by atoms with Gasteiger partial charge >= 0.3 is 5.97 Å². The molecular formula is C23H27NO5S. The molecule has 3 rings (SSSR count). The van der Waals surface area contributed by atoms with E-state index in [4.69, 9.17) is 4.74 Å². The fraction of sp³-hybridized carbons (Fsp3) is 0.391. The number of esters is 1. The van der Waals surface area contributed by atoms with Crippen LogP contribution in [-0.2, 0) is 19.4 Å². The normalized spacial score (nSPS) is 15.6. The SMILES string of the molecule is CCOC(=O)c1ccc(NC(=O)C2(S(=O)(=O)c3ccc(C)c(C)c3)CCCC2)cc1. The van der Waals surface area contributed by atoms with E-state index in [9.17, 15) is 18.0 Å². The third-order valence-electron chi connectivity index (χ3n) is 5.78. The number of anilines is 1. The highest BCUT2D eigenvalue weighted by Gasteiger charge is 2.53. The first-order chi connectivity index (χ1) is 14.2. The molecule has 0 aromatic heterocycles. The van der Waals surface area contributed by atoms with Gasteiger partial charge in [-0.1, -0.05) is 18.9 Å². The summed E-state index contributed by atoms with van der Waals surface area (Å²) in [5.74, 6) is -0.970. The van der Waals surface area contributed by atoms with Crippen molar-refractivity contribution in [2.75, 3.05) is 11.9 Å². The predicted molar refractivity (Wildman–Crippen MR) is 115 cm³/mol. The molecule has 2 aromatic rings. The molecule has 0 spiro atoms. The summed E-state index contributed by atoms with van der Waals surface area (Å²) in [5.41, 5.74) is 2.68. The molecule has 1 fully saturated rings. The van der Waals surface area contributed by atoms with Gasteiger partial charge in [0.2, 0.25) is 5.91 Å². The average molecular weight is 430 g/mol. The van der Waals surface area contributed by atoms with Gasteiger partial charge in [-0.05, 0) is 81.1 Å². The highest BCUT2D eigenvalue weighted by atomic mass is 32.2. The van der Waals surface area contributed by atoms with E-state index < -0.39 is 26.5 Å². The van der Waals surface area contributed by atoms with Crippen molar-refractivity contribution >= 4 is 27.4 Å². The zero-order valence-corrected chi connectivity index (χ0v) is 18.3. The number of hydrogen-bond acceptors (Lipinski definition) is 5. The number of hydrogen-bond donors (Lipinski definition) is 1. The van der Waals surface area contributed by atoms with E-state index in [1.54, 1.807) is 49.4 Å². The molecule has 0 aliphatic heterocycles. The summed E-state index contributed by atoms with van der Waals surface area (Å²) in [4.78, 5) is 25.2. The Bertz CT molecular complexity index is 1050. The van der Waals surface area contributed by atoms with Crippen LogP contribution in [0.15, 0.2) is 47.4 Å². The van der Waals surface area contributed by atoms with E-state index in [0.29, 0.717) is 24.1 Å². The highest BCUT2D eigenvalue weighted by molar-refractivity contribution is 7.93. The Kier molecular flexibility index (Phi) is 6.31. The van der Waals surface area contributed by atoms with Crippen LogP contribution in [0, 0.1) is 13.8 Å². The smallest absolute Gasteiger partial charge is 0.338 e. The second-order valence-corrected chi connectivity index (χ2v) is 9.96. The maximum absolute atomic E-state index is 13.5. The molecule has 1 N–H and O–H groups in total. The summed E-state index contributed by atoms with van der Waals surface area (Å²) in [5, 5.41) is 2.75. The number of ether oxygens (including phenoxy) is 1. The van der Waals surface area contributed by atoms with Crippen molar-refractivity contribution in [3.8, 4) is 0 Å². The van der Waals surface area contributed by atoms with E-state index in [1.807, 2.05) is 13.8 Å². The molecule has 7 heteroatoms. The lowest BCUT2D eigenvalue weighted by Crippen LogP contribution is -2.47. The van der Waals surface area contributed by atoms with Crippen molar-refractivity contribution < 1.29 is 22.7 Å². The Hall–Kier alpha value is -2.67. The molecule has 1 amide bonds. The van der Waals surface area contributed by atoms with E-state index in [1.165, 1.54) is 0 Å². The minimum absolute atomic E-state index is 0.181. The lowest BCUT2D eigenvalue weighted by molar-refractivity contribution is -0.118. The van der Waals surface area contributed by atoms with Crippen LogP contribution in [0.2, 0.25) is 0 Å². The highest BCUT2D eigenvalue weighted by Crippen LogP contribution is 2.41. The van der Waals surface area contributed by atoms with Gasteiger partial charge < -0.3 is 10.1 Å². The monoisotopic (exact) mass is 429 g/mol. The predicted octanol–water partition coefficient (Wildman–Crippen LogP) is 4.21. The van der Waals surface area contributed by atoms with E-state index in [2.05, 4.69) is 5.32 Å². The number of benzene rings is 2. The van der Waals surface area contributed by atoms with Crippen molar-refractivity contribution in [3.63, 3.8) is 0 Å². The summed E-state index contributed by atoms with van der Waals surface area (Å²) in [6, 6.07) is 11.3. The van der Waals surface area contributed by atoms with Crippen molar-refractivity contribution in [3.05, 3.63) is 59.2 Å². The molecule has 0 heterocycles. The first kappa shape index (κ1) is 22.0. The zero-order chi connectivity index (χ0) is 21.9. The van der Waals surface area contributed by atoms with Crippen molar-refractivity contribution in [1.82, 2.24) is 0 Å². The first-order valence-corrected chi connectivity index (χ1v) is 11.6. The maximum Gasteiger partial charge on any atom is 0.338 e. The van der Waals surface area contributed by atoms with Crippen LogP contribution in [0.4, 0.5) is 5.69 Å². The first-order valence-electron chi connectivity index (χ1n) is 10.1. The van der Waals surface area contributed by atoms with E-state index >= 15 is 0 Å². The van der Waals surface area contributed by atoms with Crippen LogP contribution in [0.5, 0.6) is 0 Å². The van der Waals surface area contributed by atoms with E-state index in [-0.39, 0.29) is 24.3 Å². The second-order valence-electron chi connectivity index (χ2n) is 7.70. The zero-order valence-electron chi connectivity index (χ0n) is 17.5. The van der Waals surface area contributed by atoms with Crippen LogP contribution >= 0.6 is 0 Å². The molecule has 0 saturated heterocycles. The largest absolute Gasteiger partial charge is 0.462 e. The molecule has 2 aromatic carbocycles. The quantitative estimate of drug-likeness (QED) is 0.695. The summed E-state index contributed by atoms with van der Waals surface area (Å²) in [6.45, 7) is 5.78. The van der Waals surface area contributed by atoms with Crippen molar-refractivity contribution in [2.45, 2.75) is 56.1 Å². The van der Waals surface area contributed by atoms with Gasteiger partial charge in [-0.15, -0.1) is 0 Å². The number of carbonyl (C=O) groups is 2. The third kappa shape index (κ3) is 3.99. The Morgan fingerprint density at radius 3 is 2.20 bits per heavy atom. The van der Waals surface area contributed by atoms with Gasteiger partial charge in [0.1, 0.15) is 0 Å². The van der Waals surface area contributed by atoms with Gasteiger partial charge in [-0.3, -0.25) is 4.79 Å². The molecule has 6 nitrogen and oxygen atoms in total. The summed E-state index contributed by atoms with van der Waals surface area (Å²) in [7, 11) is -3.87. The molecule has 0 atom stereocenters. The molecular weight excluding hydrogens is 402 g/mol. The molecule has 160 valence electrons. The molecule has 0 bridgehead atoms. The lowest BCUT2D eigenvalue weighted by atomic mass is 10.1. The fourth-order valence-electron chi connectivity index (χ4n) is 3.82. The lowest BCUT2D eigenvalue weighted by Gasteiger charge is -2.28. The number of amides is 1. The Labute approximate surface area is 177 Å². The van der Waals surface area contributed by atoms with Crippen molar-refractivity contribution in [2.24, 2.45) is 0 Å². The summed E-state index contributed by atoms with van der Waals surface area (Å²) >= 11 is 0. The van der Waals surface area contributed by atoms with Gasteiger partial charge in [-0.25, -0.2) is 13.2 Å². The Balaban J connectivity index is 1.89. The van der Waals surface area contributed by atoms with Crippen LogP contribution in [-0.4, -0.2) is 31.6 Å². The molecule has 0 radical (unpaired) electrons. The number of nitrogens with one attached hydrogen (secondary N) is 1. The number of sulfone groups is 1. The average Bonchev–Trinajstić information content (AvgIpc) is 3.22. The Morgan fingerprint density at radius 1 is 1.00 bits per heavy atom. The number of aryl methyl sites for hydroxylation is 2. The van der Waals surface area contributed by atoms with Crippen LogP contribution in [0.25, 0.3) is 0 Å². The van der Waals surface area contributed by atoms with Crippen LogP contribution in [0.1, 0.15) is 54.1 Å². The minimum atomic E-state index is -3.87. The fourth-order valence-corrected chi connectivity index (χ4v) is 5.97. The standard InChI is InChI=1S/C23H27NO5S/c1-4-29-21(25)18-8-10-19(11-9-18)24-22(26)23(13-5-6-14-23)30(27,28)20-12-7-16(2)17(3)15-20/h7-12,15H,4-6,13-14H2,1-3H3,(H,24,26).